The molecule has 1 nitrogen and oxygen atoms in total. The van der Waals surface area contributed by atoms with Crippen LogP contribution in [-0.2, 0) is 0 Å². The van der Waals surface area contributed by atoms with Gasteiger partial charge in [0.15, 0.2) is 0 Å². The predicted molar refractivity (Wildman–Crippen MR) is 44.5 cm³/mol. The van der Waals surface area contributed by atoms with Crippen LogP contribution >= 0.6 is 24.0 Å². The fraction of sp³-hybridized carbons (Fsp3) is 0.833. The number of hydrogen-bond donors (Lipinski definition) is 0. The number of thiocarbonyl (C=S) groups is 1. The Morgan fingerprint density at radius 3 is 2.40 bits per heavy atom. The zero-order valence-electron chi connectivity index (χ0n) is 6.72. The van der Waals surface area contributed by atoms with Crippen LogP contribution in [0.25, 0.3) is 0 Å². The van der Waals surface area contributed by atoms with Crippen molar-refractivity contribution in [3.8, 4) is 0 Å². The van der Waals surface area contributed by atoms with Gasteiger partial charge >= 0.3 is 51.4 Å². The van der Waals surface area contributed by atoms with E-state index in [1.807, 2.05) is 0 Å². The van der Waals surface area contributed by atoms with Crippen LogP contribution in [0.15, 0.2) is 0 Å². The molecule has 0 atom stereocenters. The van der Waals surface area contributed by atoms with Gasteiger partial charge in [0.1, 0.15) is 0 Å². The summed E-state index contributed by atoms with van der Waals surface area (Å²) < 4.78 is -0.185. The molecular formula is C6H11KOS2. The first-order valence-corrected chi connectivity index (χ1v) is 4.36. The third-order valence-corrected chi connectivity index (χ3v) is 1.94. The molecule has 0 aromatic carbocycles. The van der Waals surface area contributed by atoms with E-state index in [4.69, 9.17) is 0 Å². The molecule has 10 heavy (non-hydrogen) atoms. The summed E-state index contributed by atoms with van der Waals surface area (Å²) in [5.41, 5.74) is 0. The largest absolute Gasteiger partial charge is 1.00 e. The van der Waals surface area contributed by atoms with Crippen molar-refractivity contribution in [3.05, 3.63) is 0 Å². The van der Waals surface area contributed by atoms with Crippen LogP contribution in [0.3, 0.4) is 0 Å². The number of rotatable bonds is 3. The van der Waals surface area contributed by atoms with E-state index in [-0.39, 0.29) is 55.8 Å². The first-order chi connectivity index (χ1) is 4.13. The molecule has 0 saturated heterocycles. The standard InChI is InChI=1S/C6H12OS2.K/c1-5(2)3-4-9-6(7)8;/h5H,3-4H2,1-2H3,(H,7,8);/q;+1/p-1. The van der Waals surface area contributed by atoms with Crippen LogP contribution < -0.4 is 56.5 Å². The van der Waals surface area contributed by atoms with Gasteiger partial charge in [-0.05, 0) is 22.5 Å². The van der Waals surface area contributed by atoms with Gasteiger partial charge in [0.25, 0.3) is 0 Å². The van der Waals surface area contributed by atoms with Gasteiger partial charge in [0.2, 0.25) is 0 Å². The van der Waals surface area contributed by atoms with Gasteiger partial charge in [0.05, 0.1) is 0 Å². The van der Waals surface area contributed by atoms with Gasteiger partial charge in [-0.1, -0.05) is 26.1 Å². The van der Waals surface area contributed by atoms with E-state index in [0.717, 1.165) is 12.2 Å². The minimum atomic E-state index is -0.185. The van der Waals surface area contributed by atoms with E-state index in [9.17, 15) is 5.11 Å². The van der Waals surface area contributed by atoms with Gasteiger partial charge < -0.3 is 5.11 Å². The summed E-state index contributed by atoms with van der Waals surface area (Å²) >= 11 is 5.59. The second kappa shape index (κ2) is 8.97. The first kappa shape index (κ1) is 14.4. The average molecular weight is 202 g/mol. The predicted octanol–water partition coefficient (Wildman–Crippen LogP) is -1.59. The van der Waals surface area contributed by atoms with Crippen molar-refractivity contribution in [1.29, 1.82) is 0 Å². The van der Waals surface area contributed by atoms with Crippen LogP contribution in [-0.4, -0.2) is 10.1 Å². The Bertz CT molecular complexity index is 95.7. The third kappa shape index (κ3) is 12.5. The molecule has 0 spiro atoms. The van der Waals surface area contributed by atoms with Crippen molar-refractivity contribution in [3.63, 3.8) is 0 Å². The minimum Gasteiger partial charge on any atom is -0.860 e. The molecule has 0 fully saturated rings. The maximum absolute atomic E-state index is 10.2. The Kier molecular flexibility index (Phi) is 12.9. The van der Waals surface area contributed by atoms with E-state index in [1.54, 1.807) is 0 Å². The fourth-order valence-electron chi connectivity index (χ4n) is 0.378. The Morgan fingerprint density at radius 1 is 1.60 bits per heavy atom. The Labute approximate surface area is 115 Å². The number of hydrogen-bond acceptors (Lipinski definition) is 3. The molecule has 0 amide bonds. The topological polar surface area (TPSA) is 23.1 Å². The summed E-state index contributed by atoms with van der Waals surface area (Å²) in [5.74, 6) is 1.55. The summed E-state index contributed by atoms with van der Waals surface area (Å²) in [6.07, 6.45) is 1.08. The van der Waals surface area contributed by atoms with Crippen LogP contribution in [0, 0.1) is 5.92 Å². The summed E-state index contributed by atoms with van der Waals surface area (Å²) in [4.78, 5) is 0. The van der Waals surface area contributed by atoms with Gasteiger partial charge in [-0.3, -0.25) is 0 Å². The quantitative estimate of drug-likeness (QED) is 0.407. The molecule has 0 N–H and O–H groups in total. The molecule has 0 heterocycles. The average Bonchev–Trinajstić information content (AvgIpc) is 1.63. The summed E-state index contributed by atoms with van der Waals surface area (Å²) in [6.45, 7) is 4.27. The zero-order chi connectivity index (χ0) is 7.28. The van der Waals surface area contributed by atoms with E-state index in [0.29, 0.717) is 5.92 Å². The molecule has 0 aromatic rings. The molecule has 4 heteroatoms. The molecule has 0 saturated carbocycles. The molecule has 54 valence electrons. The maximum atomic E-state index is 10.2. The maximum Gasteiger partial charge on any atom is 1.00 e. The smallest absolute Gasteiger partial charge is 0.860 e. The zero-order valence-corrected chi connectivity index (χ0v) is 11.5. The number of thioether (sulfide) groups is 1. The second-order valence-corrected chi connectivity index (χ2v) is 3.98. The molecule has 0 unspecified atom stereocenters. The molecular weight excluding hydrogens is 191 g/mol. The second-order valence-electron chi connectivity index (χ2n) is 2.28. The van der Waals surface area contributed by atoms with Crippen LogP contribution in [0.1, 0.15) is 20.3 Å². The van der Waals surface area contributed by atoms with Crippen molar-refractivity contribution in [2.75, 3.05) is 5.75 Å². The Hall–Kier alpha value is 1.88. The van der Waals surface area contributed by atoms with E-state index in [2.05, 4.69) is 26.1 Å². The first-order valence-electron chi connectivity index (χ1n) is 2.96. The fourth-order valence-corrected chi connectivity index (χ4v) is 1.38. The minimum absolute atomic E-state index is 0. The monoisotopic (exact) mass is 202 g/mol. The molecule has 0 rings (SSSR count). The van der Waals surface area contributed by atoms with Gasteiger partial charge in [0, 0.05) is 0 Å². The Morgan fingerprint density at radius 2 is 2.10 bits per heavy atom. The van der Waals surface area contributed by atoms with Gasteiger partial charge in [-0.25, -0.2) is 0 Å². The van der Waals surface area contributed by atoms with E-state index < -0.39 is 0 Å². The summed E-state index contributed by atoms with van der Waals surface area (Å²) in [7, 11) is 0. The molecule has 0 aromatic heterocycles. The van der Waals surface area contributed by atoms with Crippen molar-refractivity contribution < 1.29 is 56.5 Å². The van der Waals surface area contributed by atoms with Crippen LogP contribution in [0.2, 0.25) is 0 Å². The van der Waals surface area contributed by atoms with Gasteiger partial charge in [-0.15, -0.1) is 11.8 Å². The van der Waals surface area contributed by atoms with E-state index in [1.165, 1.54) is 11.8 Å². The third-order valence-electron chi connectivity index (χ3n) is 0.915. The molecule has 0 aliphatic rings. The van der Waals surface area contributed by atoms with Gasteiger partial charge in [-0.2, -0.15) is 0 Å². The Balaban J connectivity index is 0. The van der Waals surface area contributed by atoms with Crippen LogP contribution in [0.4, 0.5) is 0 Å². The SMILES string of the molecule is CC(C)CCSC([O-])=S.[K+]. The van der Waals surface area contributed by atoms with Crippen molar-refractivity contribution in [2.24, 2.45) is 5.92 Å². The molecule has 0 radical (unpaired) electrons. The van der Waals surface area contributed by atoms with E-state index >= 15 is 0 Å². The molecule has 0 bridgehead atoms. The van der Waals surface area contributed by atoms with Crippen molar-refractivity contribution >= 4 is 28.4 Å². The molecule has 0 aliphatic carbocycles. The normalized spacial score (nSPS) is 9.10. The van der Waals surface area contributed by atoms with Crippen molar-refractivity contribution in [2.45, 2.75) is 20.3 Å². The summed E-state index contributed by atoms with van der Waals surface area (Å²) in [5, 5.41) is 10.2. The van der Waals surface area contributed by atoms with Crippen LogP contribution in [0.5, 0.6) is 0 Å². The molecule has 0 aliphatic heterocycles. The summed E-state index contributed by atoms with van der Waals surface area (Å²) in [6, 6.07) is 0. The van der Waals surface area contributed by atoms with Crippen molar-refractivity contribution in [1.82, 2.24) is 0 Å².